The first kappa shape index (κ1) is 11.3. The second kappa shape index (κ2) is 4.02. The molecule has 0 spiro atoms. The Hall–Kier alpha value is -1.15. The number of hydrogen-bond acceptors (Lipinski definition) is 3. The Kier molecular flexibility index (Phi) is 2.85. The van der Waals surface area contributed by atoms with Gasteiger partial charge in [-0.25, -0.2) is 14.4 Å². The van der Waals surface area contributed by atoms with Crippen molar-refractivity contribution >= 4 is 45.6 Å². The van der Waals surface area contributed by atoms with Crippen molar-refractivity contribution in [3.8, 4) is 6.07 Å². The number of hydrogen-bond donors (Lipinski definition) is 0. The molecule has 7 heteroatoms. The quantitative estimate of drug-likeness (QED) is 0.691. The molecule has 0 saturated heterocycles. The van der Waals surface area contributed by atoms with Crippen molar-refractivity contribution in [2.45, 2.75) is 0 Å². The molecule has 2 aromatic heterocycles. The Balaban J connectivity index is 3.09. The molecule has 0 N–H and O–H groups in total. The molecule has 80 valence electrons. The van der Waals surface area contributed by atoms with Crippen LogP contribution in [0.5, 0.6) is 0 Å². The summed E-state index contributed by atoms with van der Waals surface area (Å²) in [5.74, 6) is -0.832. The minimum Gasteiger partial charge on any atom is -0.241 e. The normalized spacial score (nSPS) is 10.4. The lowest BCUT2D eigenvalue weighted by Gasteiger charge is -2.05. The molecule has 0 bridgehead atoms. The summed E-state index contributed by atoms with van der Waals surface area (Å²) in [6.45, 7) is 0. The van der Waals surface area contributed by atoms with E-state index in [9.17, 15) is 4.39 Å². The summed E-state index contributed by atoms with van der Waals surface area (Å²) in [4.78, 5) is 7.29. The van der Waals surface area contributed by atoms with Gasteiger partial charge in [-0.1, -0.05) is 34.8 Å². The van der Waals surface area contributed by atoms with Crippen LogP contribution in [0.15, 0.2) is 6.20 Å². The van der Waals surface area contributed by atoms with Crippen LogP contribution in [-0.4, -0.2) is 9.97 Å². The molecule has 2 rings (SSSR count). The van der Waals surface area contributed by atoms with Gasteiger partial charge in [0.25, 0.3) is 0 Å². The fourth-order valence-electron chi connectivity index (χ4n) is 1.27. The Morgan fingerprint density at radius 1 is 1.19 bits per heavy atom. The second-order valence-electron chi connectivity index (χ2n) is 2.83. The van der Waals surface area contributed by atoms with Gasteiger partial charge < -0.3 is 0 Å². The zero-order chi connectivity index (χ0) is 11.9. The van der Waals surface area contributed by atoms with Crippen LogP contribution in [0, 0.1) is 17.1 Å². The molecule has 0 aliphatic heterocycles. The van der Waals surface area contributed by atoms with Crippen LogP contribution >= 0.6 is 34.8 Å². The molecular formula is C9HCl3FN3. The first-order valence-electron chi connectivity index (χ1n) is 3.95. The van der Waals surface area contributed by atoms with E-state index < -0.39 is 5.82 Å². The molecule has 0 aliphatic carbocycles. The van der Waals surface area contributed by atoms with Gasteiger partial charge in [-0.2, -0.15) is 5.26 Å². The largest absolute Gasteiger partial charge is 0.241 e. The summed E-state index contributed by atoms with van der Waals surface area (Å²) in [6, 6.07) is 1.75. The van der Waals surface area contributed by atoms with Crippen LogP contribution in [0.3, 0.4) is 0 Å². The number of nitriles is 1. The first-order valence-corrected chi connectivity index (χ1v) is 5.08. The average molecular weight is 276 g/mol. The van der Waals surface area contributed by atoms with E-state index in [2.05, 4.69) is 9.97 Å². The fourth-order valence-corrected chi connectivity index (χ4v) is 1.91. The van der Waals surface area contributed by atoms with Crippen molar-refractivity contribution in [1.82, 2.24) is 9.97 Å². The van der Waals surface area contributed by atoms with Gasteiger partial charge in [-0.3, -0.25) is 0 Å². The molecule has 0 unspecified atom stereocenters. The molecule has 3 nitrogen and oxygen atoms in total. The summed E-state index contributed by atoms with van der Waals surface area (Å²) >= 11 is 17.0. The van der Waals surface area contributed by atoms with Crippen molar-refractivity contribution in [2.75, 3.05) is 0 Å². The lowest BCUT2D eigenvalue weighted by molar-refractivity contribution is 0.634. The maximum Gasteiger partial charge on any atom is 0.169 e. The molecule has 16 heavy (non-hydrogen) atoms. The third kappa shape index (κ3) is 1.57. The molecule has 0 atom stereocenters. The van der Waals surface area contributed by atoms with E-state index in [-0.39, 0.29) is 31.8 Å². The van der Waals surface area contributed by atoms with E-state index in [0.29, 0.717) is 0 Å². The zero-order valence-corrected chi connectivity index (χ0v) is 9.70. The second-order valence-corrected chi connectivity index (χ2v) is 3.91. The predicted octanol–water partition coefficient (Wildman–Crippen LogP) is 3.60. The molecule has 0 aliphatic rings. The van der Waals surface area contributed by atoms with E-state index in [4.69, 9.17) is 40.1 Å². The lowest BCUT2D eigenvalue weighted by Crippen LogP contribution is -1.94. The molecule has 0 saturated carbocycles. The highest BCUT2D eigenvalue weighted by Crippen LogP contribution is 2.32. The molecule has 0 amide bonds. The van der Waals surface area contributed by atoms with E-state index in [1.807, 2.05) is 0 Å². The van der Waals surface area contributed by atoms with Gasteiger partial charge in [0.1, 0.15) is 21.9 Å². The third-order valence-corrected chi connectivity index (χ3v) is 2.79. The highest BCUT2D eigenvalue weighted by atomic mass is 35.5. The number of nitrogens with zero attached hydrogens (tertiary/aromatic N) is 3. The molecule has 2 heterocycles. The maximum atomic E-state index is 13.7. The van der Waals surface area contributed by atoms with Crippen molar-refractivity contribution in [1.29, 1.82) is 5.26 Å². The fraction of sp³-hybridized carbons (Fsp3) is 0. The van der Waals surface area contributed by atoms with Gasteiger partial charge in [-0.05, 0) is 0 Å². The van der Waals surface area contributed by atoms with E-state index >= 15 is 0 Å². The SMILES string of the molecule is N#Cc1c(Cl)nc(Cl)c2cnc(Cl)c(F)c12. The van der Waals surface area contributed by atoms with Gasteiger partial charge in [0.05, 0.1) is 0 Å². The van der Waals surface area contributed by atoms with Crippen LogP contribution in [0.2, 0.25) is 15.5 Å². The molecule has 2 aromatic rings. The van der Waals surface area contributed by atoms with Crippen LogP contribution in [0.1, 0.15) is 5.56 Å². The number of fused-ring (bicyclic) bond motifs is 1. The van der Waals surface area contributed by atoms with E-state index in [1.54, 1.807) is 6.07 Å². The predicted molar refractivity (Wildman–Crippen MR) is 59.2 cm³/mol. The zero-order valence-electron chi connectivity index (χ0n) is 7.43. The third-order valence-electron chi connectivity index (χ3n) is 1.96. The summed E-state index contributed by atoms with van der Waals surface area (Å²) < 4.78 is 13.7. The number of aromatic nitrogens is 2. The Morgan fingerprint density at radius 2 is 1.88 bits per heavy atom. The van der Waals surface area contributed by atoms with Crippen LogP contribution in [-0.2, 0) is 0 Å². The highest BCUT2D eigenvalue weighted by Gasteiger charge is 2.17. The average Bonchev–Trinajstić information content (AvgIpc) is 2.24. The van der Waals surface area contributed by atoms with Gasteiger partial charge >= 0.3 is 0 Å². The van der Waals surface area contributed by atoms with Crippen LogP contribution < -0.4 is 0 Å². The van der Waals surface area contributed by atoms with Gasteiger partial charge in [0, 0.05) is 17.0 Å². The monoisotopic (exact) mass is 275 g/mol. The van der Waals surface area contributed by atoms with Gasteiger partial charge in [-0.15, -0.1) is 0 Å². The number of rotatable bonds is 0. The van der Waals surface area contributed by atoms with Gasteiger partial charge in [0.2, 0.25) is 0 Å². The Morgan fingerprint density at radius 3 is 2.50 bits per heavy atom. The highest BCUT2D eigenvalue weighted by molar-refractivity contribution is 6.38. The first-order chi connectivity index (χ1) is 7.56. The van der Waals surface area contributed by atoms with Crippen molar-refractivity contribution in [3.63, 3.8) is 0 Å². The van der Waals surface area contributed by atoms with Crippen molar-refractivity contribution in [3.05, 3.63) is 33.0 Å². The maximum absolute atomic E-state index is 13.7. The topological polar surface area (TPSA) is 49.6 Å². The minimum atomic E-state index is -0.832. The van der Waals surface area contributed by atoms with Crippen molar-refractivity contribution < 1.29 is 4.39 Å². The molecular weight excluding hydrogens is 275 g/mol. The van der Waals surface area contributed by atoms with Crippen LogP contribution in [0.25, 0.3) is 10.8 Å². The van der Waals surface area contributed by atoms with Crippen LogP contribution in [0.4, 0.5) is 4.39 Å². The van der Waals surface area contributed by atoms with Gasteiger partial charge in [0.15, 0.2) is 11.0 Å². The minimum absolute atomic E-state index is 0.0259. The summed E-state index contributed by atoms with van der Waals surface area (Å²) in [5.41, 5.74) is -0.108. The molecule has 0 aromatic carbocycles. The standard InChI is InChI=1S/C9HCl3FN3/c10-7-3(1-14)5-4(8(11)16-7)2-15-9(12)6(5)13/h2H. The molecule has 0 fully saturated rings. The number of pyridine rings is 2. The lowest BCUT2D eigenvalue weighted by atomic mass is 10.1. The van der Waals surface area contributed by atoms with Crippen molar-refractivity contribution in [2.24, 2.45) is 0 Å². The van der Waals surface area contributed by atoms with E-state index in [1.165, 1.54) is 6.20 Å². The Labute approximate surface area is 104 Å². The summed E-state index contributed by atoms with van der Waals surface area (Å²) in [7, 11) is 0. The smallest absolute Gasteiger partial charge is 0.169 e. The number of halogens is 4. The van der Waals surface area contributed by atoms with E-state index in [0.717, 1.165) is 0 Å². The summed E-state index contributed by atoms with van der Waals surface area (Å²) in [5, 5.41) is 8.47. The Bertz CT molecular complexity index is 636. The summed E-state index contributed by atoms with van der Waals surface area (Å²) in [6.07, 6.45) is 1.24. The molecule has 0 radical (unpaired) electrons.